The van der Waals surface area contributed by atoms with Crippen LogP contribution in [0.2, 0.25) is 0 Å². The van der Waals surface area contributed by atoms with Gasteiger partial charge < -0.3 is 24.1 Å². The molecule has 0 radical (unpaired) electrons. The van der Waals surface area contributed by atoms with Crippen molar-refractivity contribution in [3.8, 4) is 17.2 Å². The molecule has 1 atom stereocenters. The maximum Gasteiger partial charge on any atom is 0.368 e. The number of carbonyl (C=O) groups is 1. The average molecular weight is 360 g/mol. The third kappa shape index (κ3) is 3.17. The zero-order valence-electron chi connectivity index (χ0n) is 14.8. The first-order valence-corrected chi connectivity index (χ1v) is 8.41. The van der Waals surface area contributed by atoms with Gasteiger partial charge in [0.05, 0.1) is 24.2 Å². The van der Waals surface area contributed by atoms with E-state index in [1.54, 1.807) is 26.0 Å². The number of benzene rings is 1. The average Bonchev–Trinajstić information content (AvgIpc) is 2.87. The molecule has 0 saturated heterocycles. The van der Waals surface area contributed by atoms with Gasteiger partial charge in [-0.05, 0) is 36.9 Å². The SMILES string of the molecule is CCCOC(=O)c1cc(O)c(=O)c2c3c(ccc2c1)OC(C)(OCC)O3. The predicted molar refractivity (Wildman–Crippen MR) is 93.7 cm³/mol. The van der Waals surface area contributed by atoms with Crippen LogP contribution in [0.5, 0.6) is 17.2 Å². The number of hydrogen-bond acceptors (Lipinski definition) is 7. The zero-order valence-corrected chi connectivity index (χ0v) is 14.8. The van der Waals surface area contributed by atoms with Gasteiger partial charge in [0.25, 0.3) is 0 Å². The molecule has 7 nitrogen and oxygen atoms in total. The van der Waals surface area contributed by atoms with Gasteiger partial charge in [-0.3, -0.25) is 4.79 Å². The molecule has 26 heavy (non-hydrogen) atoms. The minimum absolute atomic E-state index is 0.0782. The molecule has 1 aliphatic rings. The van der Waals surface area contributed by atoms with Crippen molar-refractivity contribution in [1.82, 2.24) is 0 Å². The lowest BCUT2D eigenvalue weighted by molar-refractivity contribution is -0.266. The van der Waals surface area contributed by atoms with Crippen molar-refractivity contribution >= 4 is 16.7 Å². The zero-order chi connectivity index (χ0) is 18.9. The van der Waals surface area contributed by atoms with Crippen molar-refractivity contribution in [1.29, 1.82) is 0 Å². The molecule has 0 aliphatic carbocycles. The van der Waals surface area contributed by atoms with E-state index in [4.69, 9.17) is 18.9 Å². The Morgan fingerprint density at radius 3 is 2.69 bits per heavy atom. The highest BCUT2D eigenvalue weighted by Gasteiger charge is 2.39. The molecular formula is C19H20O7. The summed E-state index contributed by atoms with van der Waals surface area (Å²) >= 11 is 0. The van der Waals surface area contributed by atoms with Gasteiger partial charge in [0.1, 0.15) is 0 Å². The Morgan fingerprint density at radius 2 is 2.00 bits per heavy atom. The van der Waals surface area contributed by atoms with E-state index < -0.39 is 23.1 Å². The van der Waals surface area contributed by atoms with Crippen LogP contribution in [0.15, 0.2) is 29.1 Å². The normalized spacial score (nSPS) is 18.1. The Bertz CT molecular complexity index is 922. The van der Waals surface area contributed by atoms with E-state index in [2.05, 4.69) is 0 Å². The quantitative estimate of drug-likeness (QED) is 0.820. The van der Waals surface area contributed by atoms with E-state index in [-0.39, 0.29) is 23.3 Å². The number of fused-ring (bicyclic) bond motifs is 3. The first kappa shape index (κ1) is 18.0. The van der Waals surface area contributed by atoms with Crippen LogP contribution in [0.4, 0.5) is 0 Å². The van der Waals surface area contributed by atoms with E-state index in [1.165, 1.54) is 6.07 Å². The van der Waals surface area contributed by atoms with Gasteiger partial charge in [-0.1, -0.05) is 13.0 Å². The summed E-state index contributed by atoms with van der Waals surface area (Å²) in [5.74, 6) is -2.06. The predicted octanol–water partition coefficient (Wildman–Crippen LogP) is 2.95. The fourth-order valence-corrected chi connectivity index (χ4v) is 2.79. The van der Waals surface area contributed by atoms with Gasteiger partial charge in [0.15, 0.2) is 17.2 Å². The van der Waals surface area contributed by atoms with Crippen LogP contribution in [0, 0.1) is 0 Å². The molecule has 7 heteroatoms. The van der Waals surface area contributed by atoms with Crippen LogP contribution < -0.4 is 14.9 Å². The van der Waals surface area contributed by atoms with E-state index in [1.807, 2.05) is 6.92 Å². The summed E-state index contributed by atoms with van der Waals surface area (Å²) in [6.45, 7) is 5.84. The van der Waals surface area contributed by atoms with E-state index >= 15 is 0 Å². The number of carbonyl (C=O) groups excluding carboxylic acids is 1. The smallest absolute Gasteiger partial charge is 0.368 e. The Labute approximate surface area is 150 Å². The van der Waals surface area contributed by atoms with Crippen molar-refractivity contribution < 1.29 is 28.8 Å². The van der Waals surface area contributed by atoms with Crippen LogP contribution in [-0.4, -0.2) is 30.3 Å². The number of ether oxygens (including phenoxy) is 4. The molecule has 1 heterocycles. The lowest BCUT2D eigenvalue weighted by Gasteiger charge is -2.21. The standard InChI is InChI=1S/C19H20O7/c1-4-8-23-18(22)12-9-11-6-7-14-17(15(11)16(21)13(20)10-12)26-19(3,25-14)24-5-2/h6-7,9-10H,4-5,8H2,1-3H3,(H,20,21). The summed E-state index contributed by atoms with van der Waals surface area (Å²) in [5.41, 5.74) is -0.592. The van der Waals surface area contributed by atoms with Crippen molar-refractivity contribution in [2.45, 2.75) is 33.2 Å². The van der Waals surface area contributed by atoms with Crippen molar-refractivity contribution in [3.05, 3.63) is 40.1 Å². The van der Waals surface area contributed by atoms with E-state index in [0.717, 1.165) is 6.07 Å². The van der Waals surface area contributed by atoms with Crippen LogP contribution in [-0.2, 0) is 9.47 Å². The lowest BCUT2D eigenvalue weighted by Crippen LogP contribution is -2.38. The Hall–Kier alpha value is -2.80. The molecule has 0 spiro atoms. The summed E-state index contributed by atoms with van der Waals surface area (Å²) < 4.78 is 21.9. The van der Waals surface area contributed by atoms with Gasteiger partial charge in [0.2, 0.25) is 5.43 Å². The fourth-order valence-electron chi connectivity index (χ4n) is 2.79. The molecule has 2 aromatic rings. The minimum atomic E-state index is -1.36. The molecule has 1 aliphatic heterocycles. The molecule has 0 amide bonds. The number of hydrogen-bond donors (Lipinski definition) is 1. The summed E-state index contributed by atoms with van der Waals surface area (Å²) in [6, 6.07) is 5.82. The number of rotatable bonds is 5. The van der Waals surface area contributed by atoms with Gasteiger partial charge >= 0.3 is 11.9 Å². The largest absolute Gasteiger partial charge is 0.504 e. The van der Waals surface area contributed by atoms with Gasteiger partial charge in [-0.2, -0.15) is 0 Å². The molecule has 0 aromatic heterocycles. The first-order chi connectivity index (χ1) is 12.4. The third-order valence-corrected chi connectivity index (χ3v) is 3.88. The molecule has 0 bridgehead atoms. The molecule has 138 valence electrons. The third-order valence-electron chi connectivity index (χ3n) is 3.88. The van der Waals surface area contributed by atoms with Crippen molar-refractivity contribution in [2.24, 2.45) is 0 Å². The maximum absolute atomic E-state index is 12.7. The van der Waals surface area contributed by atoms with Gasteiger partial charge in [-0.15, -0.1) is 0 Å². The highest BCUT2D eigenvalue weighted by molar-refractivity contribution is 5.97. The second-order valence-electron chi connectivity index (χ2n) is 5.95. The van der Waals surface area contributed by atoms with Crippen molar-refractivity contribution in [3.63, 3.8) is 0 Å². The van der Waals surface area contributed by atoms with Crippen LogP contribution >= 0.6 is 0 Å². The second kappa shape index (κ2) is 6.84. The molecule has 0 saturated carbocycles. The van der Waals surface area contributed by atoms with Crippen LogP contribution in [0.1, 0.15) is 37.6 Å². The summed E-state index contributed by atoms with van der Waals surface area (Å²) in [6.07, 6.45) is 0.666. The first-order valence-electron chi connectivity index (χ1n) is 8.41. The molecule has 3 rings (SSSR count). The summed E-state index contributed by atoms with van der Waals surface area (Å²) in [4.78, 5) is 24.8. The number of esters is 1. The van der Waals surface area contributed by atoms with Gasteiger partial charge in [0, 0.05) is 6.92 Å². The number of aromatic hydroxyl groups is 1. The van der Waals surface area contributed by atoms with E-state index in [0.29, 0.717) is 24.2 Å². The highest BCUT2D eigenvalue weighted by atomic mass is 16.9. The Balaban J connectivity index is 2.17. The highest BCUT2D eigenvalue weighted by Crippen LogP contribution is 2.44. The topological polar surface area (TPSA) is 91.3 Å². The lowest BCUT2D eigenvalue weighted by atomic mass is 10.1. The fraction of sp³-hybridized carbons (Fsp3) is 0.368. The van der Waals surface area contributed by atoms with Crippen molar-refractivity contribution in [2.75, 3.05) is 13.2 Å². The van der Waals surface area contributed by atoms with E-state index in [9.17, 15) is 14.7 Å². The molecule has 1 N–H and O–H groups in total. The minimum Gasteiger partial charge on any atom is -0.504 e. The molecule has 2 aromatic carbocycles. The summed E-state index contributed by atoms with van der Waals surface area (Å²) in [5, 5.41) is 10.7. The Kier molecular flexibility index (Phi) is 4.73. The van der Waals surface area contributed by atoms with Crippen LogP contribution in [0.3, 0.4) is 0 Å². The second-order valence-corrected chi connectivity index (χ2v) is 5.95. The van der Waals surface area contributed by atoms with Gasteiger partial charge in [-0.25, -0.2) is 4.79 Å². The molecule has 0 fully saturated rings. The van der Waals surface area contributed by atoms with Crippen LogP contribution in [0.25, 0.3) is 10.8 Å². The Morgan fingerprint density at radius 1 is 1.23 bits per heavy atom. The summed E-state index contributed by atoms with van der Waals surface area (Å²) in [7, 11) is 0. The molecule has 1 unspecified atom stereocenters. The monoisotopic (exact) mass is 360 g/mol. The maximum atomic E-state index is 12.7. The molecular weight excluding hydrogens is 340 g/mol.